The second kappa shape index (κ2) is 5.98. The van der Waals surface area contributed by atoms with Gasteiger partial charge in [-0.1, -0.05) is 34.1 Å². The summed E-state index contributed by atoms with van der Waals surface area (Å²) in [6, 6.07) is 9.42. The SMILES string of the molecule is Brc1ccccc1C1CC(NCC2CCCS2)C1. The van der Waals surface area contributed by atoms with Crippen LogP contribution >= 0.6 is 27.7 Å². The lowest BCUT2D eigenvalue weighted by Crippen LogP contribution is -2.42. The molecular weight excluding hydrogens is 306 g/mol. The predicted molar refractivity (Wildman–Crippen MR) is 83.4 cm³/mol. The minimum Gasteiger partial charge on any atom is -0.313 e. The van der Waals surface area contributed by atoms with Gasteiger partial charge in [0.1, 0.15) is 0 Å². The van der Waals surface area contributed by atoms with Crippen LogP contribution in [0.4, 0.5) is 0 Å². The van der Waals surface area contributed by atoms with Gasteiger partial charge < -0.3 is 5.32 Å². The van der Waals surface area contributed by atoms with Crippen molar-refractivity contribution in [2.45, 2.75) is 42.9 Å². The van der Waals surface area contributed by atoms with Crippen molar-refractivity contribution < 1.29 is 0 Å². The van der Waals surface area contributed by atoms with Gasteiger partial charge in [0, 0.05) is 22.3 Å². The molecule has 1 aliphatic heterocycles. The third kappa shape index (κ3) is 2.94. The smallest absolute Gasteiger partial charge is 0.0210 e. The number of hydrogen-bond acceptors (Lipinski definition) is 2. The summed E-state index contributed by atoms with van der Waals surface area (Å²) in [4.78, 5) is 0. The number of rotatable bonds is 4. The molecule has 0 spiro atoms. The zero-order valence-corrected chi connectivity index (χ0v) is 13.0. The first-order valence-electron chi connectivity index (χ1n) is 6.92. The third-order valence-electron chi connectivity index (χ3n) is 4.14. The number of benzene rings is 1. The van der Waals surface area contributed by atoms with Gasteiger partial charge in [0.2, 0.25) is 0 Å². The molecule has 1 saturated carbocycles. The molecule has 1 atom stereocenters. The molecule has 18 heavy (non-hydrogen) atoms. The van der Waals surface area contributed by atoms with E-state index in [0.29, 0.717) is 0 Å². The van der Waals surface area contributed by atoms with E-state index in [1.54, 1.807) is 0 Å². The summed E-state index contributed by atoms with van der Waals surface area (Å²) in [5.41, 5.74) is 1.49. The van der Waals surface area contributed by atoms with Gasteiger partial charge in [-0.3, -0.25) is 0 Å². The summed E-state index contributed by atoms with van der Waals surface area (Å²) in [6.07, 6.45) is 5.44. The van der Waals surface area contributed by atoms with E-state index in [1.807, 2.05) is 0 Å². The van der Waals surface area contributed by atoms with Crippen molar-refractivity contribution in [3.05, 3.63) is 34.3 Å². The van der Waals surface area contributed by atoms with E-state index in [-0.39, 0.29) is 0 Å². The average Bonchev–Trinajstić information content (AvgIpc) is 2.82. The fraction of sp³-hybridized carbons (Fsp3) is 0.600. The van der Waals surface area contributed by atoms with Gasteiger partial charge in [0.05, 0.1) is 0 Å². The largest absolute Gasteiger partial charge is 0.313 e. The molecule has 1 N–H and O–H groups in total. The quantitative estimate of drug-likeness (QED) is 0.891. The lowest BCUT2D eigenvalue weighted by atomic mass is 9.76. The number of halogens is 1. The molecule has 0 radical (unpaired) electrons. The lowest BCUT2D eigenvalue weighted by Gasteiger charge is -2.37. The van der Waals surface area contributed by atoms with Crippen molar-refractivity contribution in [1.29, 1.82) is 0 Å². The molecule has 1 aromatic carbocycles. The normalized spacial score (nSPS) is 31.3. The summed E-state index contributed by atoms with van der Waals surface area (Å²) < 4.78 is 1.28. The van der Waals surface area contributed by atoms with Gasteiger partial charge in [0.15, 0.2) is 0 Å². The van der Waals surface area contributed by atoms with Crippen LogP contribution in [0.3, 0.4) is 0 Å². The van der Waals surface area contributed by atoms with Gasteiger partial charge >= 0.3 is 0 Å². The Morgan fingerprint density at radius 3 is 2.83 bits per heavy atom. The Balaban J connectivity index is 1.44. The van der Waals surface area contributed by atoms with Crippen LogP contribution in [0, 0.1) is 0 Å². The van der Waals surface area contributed by atoms with Crippen LogP contribution in [0.15, 0.2) is 28.7 Å². The summed E-state index contributed by atoms with van der Waals surface area (Å²) >= 11 is 5.81. The molecule has 1 aromatic rings. The maximum Gasteiger partial charge on any atom is 0.0210 e. The summed E-state index contributed by atoms with van der Waals surface area (Å²) in [7, 11) is 0. The van der Waals surface area contributed by atoms with E-state index >= 15 is 0 Å². The molecule has 1 nitrogen and oxygen atoms in total. The first kappa shape index (κ1) is 13.0. The van der Waals surface area contributed by atoms with Gasteiger partial charge in [-0.25, -0.2) is 0 Å². The fourth-order valence-corrected chi connectivity index (χ4v) is 4.77. The molecule has 2 fully saturated rings. The van der Waals surface area contributed by atoms with Gasteiger partial charge in [-0.15, -0.1) is 0 Å². The lowest BCUT2D eigenvalue weighted by molar-refractivity contribution is 0.291. The van der Waals surface area contributed by atoms with Crippen molar-refractivity contribution >= 4 is 27.7 Å². The number of nitrogens with one attached hydrogen (secondary N) is 1. The minimum absolute atomic E-state index is 0.753. The second-order valence-corrected chi connectivity index (χ2v) is 7.69. The van der Waals surface area contributed by atoms with Crippen LogP contribution in [-0.4, -0.2) is 23.6 Å². The molecule has 98 valence electrons. The van der Waals surface area contributed by atoms with E-state index in [9.17, 15) is 0 Å². The fourth-order valence-electron chi connectivity index (χ4n) is 2.95. The Labute approximate surface area is 122 Å². The van der Waals surface area contributed by atoms with Crippen LogP contribution in [0.2, 0.25) is 0 Å². The Morgan fingerprint density at radius 2 is 2.11 bits per heavy atom. The molecule has 3 rings (SSSR count). The van der Waals surface area contributed by atoms with Crippen LogP contribution in [-0.2, 0) is 0 Å². The van der Waals surface area contributed by atoms with Crippen LogP contribution < -0.4 is 5.32 Å². The van der Waals surface area contributed by atoms with Gasteiger partial charge in [0.25, 0.3) is 0 Å². The van der Waals surface area contributed by atoms with Crippen LogP contribution in [0.1, 0.15) is 37.2 Å². The Hall–Kier alpha value is 0.01000. The van der Waals surface area contributed by atoms with Gasteiger partial charge in [-0.05, 0) is 49.0 Å². The predicted octanol–water partition coefficient (Wildman–Crippen LogP) is 4.18. The number of thioether (sulfide) groups is 1. The highest BCUT2D eigenvalue weighted by Crippen LogP contribution is 2.40. The Morgan fingerprint density at radius 1 is 1.28 bits per heavy atom. The molecule has 2 aliphatic rings. The molecule has 3 heteroatoms. The van der Waals surface area contributed by atoms with Crippen molar-refractivity contribution in [3.63, 3.8) is 0 Å². The van der Waals surface area contributed by atoms with E-state index in [4.69, 9.17) is 0 Å². The number of hydrogen-bond donors (Lipinski definition) is 1. The van der Waals surface area contributed by atoms with E-state index in [0.717, 1.165) is 17.2 Å². The standard InChI is InChI=1S/C15H20BrNS/c16-15-6-2-1-5-14(15)11-8-12(9-11)17-10-13-4-3-7-18-13/h1-2,5-6,11-13,17H,3-4,7-10H2. The van der Waals surface area contributed by atoms with Crippen molar-refractivity contribution in [3.8, 4) is 0 Å². The van der Waals surface area contributed by atoms with E-state index in [1.165, 1.54) is 48.0 Å². The topological polar surface area (TPSA) is 12.0 Å². The monoisotopic (exact) mass is 325 g/mol. The van der Waals surface area contributed by atoms with Crippen LogP contribution in [0.5, 0.6) is 0 Å². The van der Waals surface area contributed by atoms with Crippen molar-refractivity contribution in [2.75, 3.05) is 12.3 Å². The summed E-state index contributed by atoms with van der Waals surface area (Å²) in [6.45, 7) is 1.22. The Bertz CT molecular complexity index is 397. The zero-order chi connectivity index (χ0) is 12.4. The van der Waals surface area contributed by atoms with Gasteiger partial charge in [-0.2, -0.15) is 11.8 Å². The molecule has 1 heterocycles. The molecule has 1 aliphatic carbocycles. The second-order valence-electron chi connectivity index (χ2n) is 5.43. The third-order valence-corrected chi connectivity index (χ3v) is 6.26. The minimum atomic E-state index is 0.753. The zero-order valence-electron chi connectivity index (χ0n) is 10.6. The van der Waals surface area contributed by atoms with Crippen LogP contribution in [0.25, 0.3) is 0 Å². The molecular formula is C15H20BrNS. The molecule has 0 bridgehead atoms. The average molecular weight is 326 g/mol. The van der Waals surface area contributed by atoms with E-state index in [2.05, 4.69) is 57.3 Å². The summed E-state index contributed by atoms with van der Waals surface area (Å²) in [5, 5.41) is 4.63. The maximum absolute atomic E-state index is 3.74. The van der Waals surface area contributed by atoms with E-state index < -0.39 is 0 Å². The highest BCUT2D eigenvalue weighted by Gasteiger charge is 2.31. The Kier molecular flexibility index (Phi) is 4.32. The summed E-state index contributed by atoms with van der Waals surface area (Å²) in [5.74, 6) is 2.13. The first-order chi connectivity index (χ1) is 8.83. The van der Waals surface area contributed by atoms with Crippen molar-refractivity contribution in [1.82, 2.24) is 5.32 Å². The molecule has 0 aromatic heterocycles. The highest BCUT2D eigenvalue weighted by molar-refractivity contribution is 9.10. The first-order valence-corrected chi connectivity index (χ1v) is 8.76. The molecule has 1 unspecified atom stereocenters. The molecule has 0 amide bonds. The molecule has 1 saturated heterocycles. The van der Waals surface area contributed by atoms with Crippen molar-refractivity contribution in [2.24, 2.45) is 0 Å². The maximum atomic E-state index is 3.74. The highest BCUT2D eigenvalue weighted by atomic mass is 79.9.